The summed E-state index contributed by atoms with van der Waals surface area (Å²) in [6.07, 6.45) is 3.63. The van der Waals surface area contributed by atoms with Gasteiger partial charge in [-0.2, -0.15) is 0 Å². The predicted molar refractivity (Wildman–Crippen MR) is 29.5 cm³/mol. The zero-order valence-electron chi connectivity index (χ0n) is 4.72. The summed E-state index contributed by atoms with van der Waals surface area (Å²) in [6.45, 7) is 0. The van der Waals surface area contributed by atoms with E-state index in [-0.39, 0.29) is 0 Å². The number of nitrogens with one attached hydrogen (secondary N) is 1. The maximum Gasteiger partial charge on any atom is 0.209 e. The van der Waals surface area contributed by atoms with Crippen LogP contribution in [0.1, 0.15) is 0 Å². The number of ether oxygens (including phenoxy) is 1. The summed E-state index contributed by atoms with van der Waals surface area (Å²) in [5, 5.41) is 0. The van der Waals surface area contributed by atoms with Crippen LogP contribution >= 0.6 is 0 Å². The van der Waals surface area contributed by atoms with Gasteiger partial charge in [0.25, 0.3) is 0 Å². The second-order valence-electron chi connectivity index (χ2n) is 1.44. The van der Waals surface area contributed by atoms with Gasteiger partial charge in [-0.15, -0.1) is 0 Å². The van der Waals surface area contributed by atoms with Crippen LogP contribution in [-0.2, 0) is 0 Å². The highest BCUT2D eigenvalue weighted by Gasteiger charge is 1.87. The molecule has 0 atom stereocenters. The van der Waals surface area contributed by atoms with Gasteiger partial charge in [0.1, 0.15) is 0 Å². The number of hydrogen-bond acceptors (Lipinski definition) is 1. The summed E-state index contributed by atoms with van der Waals surface area (Å²) in [5.41, 5.74) is 0. The minimum absolute atomic E-state index is 0.854. The molecule has 1 aromatic rings. The van der Waals surface area contributed by atoms with Gasteiger partial charge in [0.05, 0.1) is 7.11 Å². The second kappa shape index (κ2) is 2.31. The van der Waals surface area contributed by atoms with E-state index in [1.807, 2.05) is 18.3 Å². The first-order chi connectivity index (χ1) is 3.93. The summed E-state index contributed by atoms with van der Waals surface area (Å²) in [5.74, 6) is 0.854. The van der Waals surface area contributed by atoms with Crippen LogP contribution in [-0.4, -0.2) is 7.11 Å². The molecule has 0 aromatic carbocycles. The van der Waals surface area contributed by atoms with Crippen molar-refractivity contribution < 1.29 is 9.72 Å². The van der Waals surface area contributed by atoms with Gasteiger partial charge >= 0.3 is 0 Å². The smallest absolute Gasteiger partial charge is 0.209 e. The van der Waals surface area contributed by atoms with E-state index in [1.54, 1.807) is 13.3 Å². The molecule has 1 N–H and O–H groups in total. The van der Waals surface area contributed by atoms with Crippen molar-refractivity contribution in [2.24, 2.45) is 0 Å². The van der Waals surface area contributed by atoms with E-state index in [0.29, 0.717) is 0 Å². The Morgan fingerprint density at radius 2 is 2.50 bits per heavy atom. The fourth-order valence-electron chi connectivity index (χ4n) is 0.504. The number of H-pyrrole nitrogens is 1. The van der Waals surface area contributed by atoms with Gasteiger partial charge in [0, 0.05) is 6.07 Å². The molecular weight excluding hydrogens is 102 g/mol. The Hall–Kier alpha value is -1.05. The van der Waals surface area contributed by atoms with Gasteiger partial charge in [-0.05, 0) is 6.07 Å². The summed E-state index contributed by atoms with van der Waals surface area (Å²) >= 11 is 0. The standard InChI is InChI=1S/C6H7NO/c1-8-6-3-2-4-7-5-6/h2-5H,1H3/p+1. The lowest BCUT2D eigenvalue weighted by Gasteiger charge is -1.89. The van der Waals surface area contributed by atoms with E-state index >= 15 is 0 Å². The minimum atomic E-state index is 0.854. The predicted octanol–water partition coefficient (Wildman–Crippen LogP) is 0.509. The van der Waals surface area contributed by atoms with Gasteiger partial charge in [-0.25, -0.2) is 4.98 Å². The molecular formula is C6H8NO+. The van der Waals surface area contributed by atoms with Crippen LogP contribution < -0.4 is 9.72 Å². The number of pyridine rings is 1. The van der Waals surface area contributed by atoms with E-state index in [0.717, 1.165) is 5.75 Å². The van der Waals surface area contributed by atoms with Gasteiger partial charge in [-0.3, -0.25) is 0 Å². The fraction of sp³-hybridized carbons (Fsp3) is 0.167. The maximum absolute atomic E-state index is 4.88. The van der Waals surface area contributed by atoms with Crippen LogP contribution in [0.4, 0.5) is 0 Å². The average molecular weight is 110 g/mol. The largest absolute Gasteiger partial charge is 0.491 e. The van der Waals surface area contributed by atoms with E-state index in [1.165, 1.54) is 0 Å². The Bertz CT molecular complexity index is 150. The molecule has 0 bridgehead atoms. The van der Waals surface area contributed by atoms with Crippen molar-refractivity contribution in [1.82, 2.24) is 0 Å². The van der Waals surface area contributed by atoms with Gasteiger partial charge in [0.15, 0.2) is 11.9 Å². The lowest BCUT2D eigenvalue weighted by atomic mass is 10.5. The molecule has 0 saturated carbocycles. The van der Waals surface area contributed by atoms with Crippen molar-refractivity contribution in [3.05, 3.63) is 24.5 Å². The van der Waals surface area contributed by atoms with Crippen LogP contribution in [0.2, 0.25) is 0 Å². The maximum atomic E-state index is 4.88. The Balaban J connectivity index is 2.83. The first-order valence-corrected chi connectivity index (χ1v) is 2.43. The SMILES string of the molecule is COc1ccc[nH+]c1. The van der Waals surface area contributed by atoms with Gasteiger partial charge in [0.2, 0.25) is 6.20 Å². The molecule has 0 aliphatic carbocycles. The first kappa shape index (κ1) is 5.09. The number of rotatable bonds is 1. The third-order valence-corrected chi connectivity index (χ3v) is 0.914. The molecule has 0 fully saturated rings. The minimum Gasteiger partial charge on any atom is -0.491 e. The van der Waals surface area contributed by atoms with Crippen molar-refractivity contribution in [2.45, 2.75) is 0 Å². The van der Waals surface area contributed by atoms with Crippen LogP contribution in [0.5, 0.6) is 5.75 Å². The summed E-state index contributed by atoms with van der Waals surface area (Å²) in [6, 6.07) is 3.77. The van der Waals surface area contributed by atoms with Gasteiger partial charge in [-0.1, -0.05) is 0 Å². The molecule has 1 rings (SSSR count). The Labute approximate surface area is 48.1 Å². The van der Waals surface area contributed by atoms with Crippen molar-refractivity contribution in [2.75, 3.05) is 7.11 Å². The van der Waals surface area contributed by atoms with Crippen LogP contribution in [0.15, 0.2) is 24.5 Å². The van der Waals surface area contributed by atoms with Crippen molar-refractivity contribution >= 4 is 0 Å². The molecule has 42 valence electrons. The lowest BCUT2D eigenvalue weighted by molar-refractivity contribution is -0.378. The van der Waals surface area contributed by atoms with Gasteiger partial charge < -0.3 is 4.74 Å². The Kier molecular flexibility index (Phi) is 1.47. The molecule has 0 aliphatic rings. The van der Waals surface area contributed by atoms with E-state index in [9.17, 15) is 0 Å². The van der Waals surface area contributed by atoms with E-state index in [4.69, 9.17) is 4.74 Å². The van der Waals surface area contributed by atoms with Crippen LogP contribution in [0.3, 0.4) is 0 Å². The Morgan fingerprint density at radius 1 is 1.62 bits per heavy atom. The summed E-state index contributed by atoms with van der Waals surface area (Å²) in [7, 11) is 1.64. The fourth-order valence-corrected chi connectivity index (χ4v) is 0.504. The molecule has 0 spiro atoms. The topological polar surface area (TPSA) is 23.4 Å². The molecule has 2 nitrogen and oxygen atoms in total. The molecule has 1 aromatic heterocycles. The summed E-state index contributed by atoms with van der Waals surface area (Å²) in [4.78, 5) is 2.89. The van der Waals surface area contributed by atoms with Crippen molar-refractivity contribution in [3.63, 3.8) is 0 Å². The monoisotopic (exact) mass is 110 g/mol. The molecule has 0 unspecified atom stereocenters. The molecule has 0 amide bonds. The van der Waals surface area contributed by atoms with Crippen LogP contribution in [0, 0.1) is 0 Å². The van der Waals surface area contributed by atoms with Crippen molar-refractivity contribution in [3.8, 4) is 5.75 Å². The third kappa shape index (κ3) is 0.964. The number of aromatic amines is 1. The Morgan fingerprint density at radius 3 is 2.88 bits per heavy atom. The highest BCUT2D eigenvalue weighted by atomic mass is 16.5. The van der Waals surface area contributed by atoms with Crippen molar-refractivity contribution in [1.29, 1.82) is 0 Å². The lowest BCUT2D eigenvalue weighted by Crippen LogP contribution is -1.98. The summed E-state index contributed by atoms with van der Waals surface area (Å²) < 4.78 is 4.88. The normalized spacial score (nSPS) is 8.62. The molecule has 0 radical (unpaired) electrons. The molecule has 0 saturated heterocycles. The molecule has 2 heteroatoms. The molecule has 0 aliphatic heterocycles. The zero-order valence-corrected chi connectivity index (χ0v) is 4.72. The molecule has 1 heterocycles. The zero-order chi connectivity index (χ0) is 5.82. The highest BCUT2D eigenvalue weighted by Crippen LogP contribution is 2.00. The first-order valence-electron chi connectivity index (χ1n) is 2.43. The van der Waals surface area contributed by atoms with E-state index in [2.05, 4.69) is 4.98 Å². The molecule has 8 heavy (non-hydrogen) atoms. The van der Waals surface area contributed by atoms with E-state index < -0.39 is 0 Å². The second-order valence-corrected chi connectivity index (χ2v) is 1.44. The number of hydrogen-bond donors (Lipinski definition) is 0. The number of methoxy groups -OCH3 is 1. The average Bonchev–Trinajstić information content (AvgIpc) is 1.90. The quantitative estimate of drug-likeness (QED) is 0.516. The van der Waals surface area contributed by atoms with Crippen LogP contribution in [0.25, 0.3) is 0 Å². The highest BCUT2D eigenvalue weighted by molar-refractivity contribution is 5.11. The third-order valence-electron chi connectivity index (χ3n) is 0.914. The number of aromatic nitrogens is 1.